The highest BCUT2D eigenvalue weighted by Gasteiger charge is 1.88. The second kappa shape index (κ2) is 4.88. The summed E-state index contributed by atoms with van der Waals surface area (Å²) < 4.78 is 4.79. The van der Waals surface area contributed by atoms with Crippen molar-refractivity contribution in [3.63, 3.8) is 0 Å². The number of rotatable bonds is 4. The van der Waals surface area contributed by atoms with Crippen molar-refractivity contribution in [3.8, 4) is 0 Å². The van der Waals surface area contributed by atoms with E-state index < -0.39 is 0 Å². The zero-order chi connectivity index (χ0) is 7.98. The molecule has 0 saturated heterocycles. The summed E-state index contributed by atoms with van der Waals surface area (Å²) in [5, 5.41) is 0. The van der Waals surface area contributed by atoms with Gasteiger partial charge in [0.2, 0.25) is 0 Å². The quantitative estimate of drug-likeness (QED) is 0.621. The van der Waals surface area contributed by atoms with E-state index >= 15 is 0 Å². The monoisotopic (exact) mass is 142 g/mol. The molecule has 2 N–H and O–H groups in total. The van der Waals surface area contributed by atoms with E-state index in [9.17, 15) is 0 Å². The van der Waals surface area contributed by atoms with E-state index in [4.69, 9.17) is 10.5 Å². The fraction of sp³-hybridized carbons (Fsp3) is 0.429. The standard InChI is InChI=1S/C7H14N2O/c1-4-9(2)5-7(8)6-10-3/h4-5H,1,6,8H2,2-3H3/b7-5-. The second-order valence-electron chi connectivity index (χ2n) is 1.99. The highest BCUT2D eigenvalue weighted by molar-refractivity contribution is 4.97. The van der Waals surface area contributed by atoms with Crippen molar-refractivity contribution in [1.29, 1.82) is 0 Å². The van der Waals surface area contributed by atoms with Gasteiger partial charge < -0.3 is 15.4 Å². The molecule has 58 valence electrons. The first-order valence-electron chi connectivity index (χ1n) is 3.00. The van der Waals surface area contributed by atoms with Crippen LogP contribution in [-0.2, 0) is 4.74 Å². The van der Waals surface area contributed by atoms with E-state index in [2.05, 4.69) is 6.58 Å². The SMILES string of the molecule is C=CN(C)/C=C(\N)COC. The van der Waals surface area contributed by atoms with Crippen molar-refractivity contribution < 1.29 is 4.74 Å². The second-order valence-corrected chi connectivity index (χ2v) is 1.99. The molecule has 0 fully saturated rings. The maximum absolute atomic E-state index is 5.51. The Kier molecular flexibility index (Phi) is 4.41. The van der Waals surface area contributed by atoms with E-state index in [1.807, 2.05) is 7.05 Å². The van der Waals surface area contributed by atoms with Crippen LogP contribution in [0.5, 0.6) is 0 Å². The molecular weight excluding hydrogens is 128 g/mol. The summed E-state index contributed by atoms with van der Waals surface area (Å²) in [7, 11) is 3.46. The number of methoxy groups -OCH3 is 1. The summed E-state index contributed by atoms with van der Waals surface area (Å²) in [5.41, 5.74) is 6.19. The van der Waals surface area contributed by atoms with E-state index in [1.54, 1.807) is 24.4 Å². The van der Waals surface area contributed by atoms with Crippen LogP contribution in [0.3, 0.4) is 0 Å². The molecule has 0 aliphatic heterocycles. The van der Waals surface area contributed by atoms with E-state index in [0.717, 1.165) is 0 Å². The van der Waals surface area contributed by atoms with Gasteiger partial charge in [0.1, 0.15) is 0 Å². The highest BCUT2D eigenvalue weighted by atomic mass is 16.5. The van der Waals surface area contributed by atoms with Gasteiger partial charge in [-0.3, -0.25) is 0 Å². The summed E-state index contributed by atoms with van der Waals surface area (Å²) in [6.45, 7) is 4.02. The van der Waals surface area contributed by atoms with E-state index in [1.165, 1.54) is 0 Å². The van der Waals surface area contributed by atoms with Gasteiger partial charge in [-0.05, 0) is 6.20 Å². The lowest BCUT2D eigenvalue weighted by Gasteiger charge is -2.07. The van der Waals surface area contributed by atoms with Crippen molar-refractivity contribution in [1.82, 2.24) is 4.90 Å². The fourth-order valence-corrected chi connectivity index (χ4v) is 0.518. The first kappa shape index (κ1) is 9.04. The molecule has 0 rings (SSSR count). The zero-order valence-corrected chi connectivity index (χ0v) is 6.50. The van der Waals surface area contributed by atoms with E-state index in [-0.39, 0.29) is 0 Å². The smallest absolute Gasteiger partial charge is 0.0871 e. The molecule has 0 atom stereocenters. The summed E-state index contributed by atoms with van der Waals surface area (Å²) in [6, 6.07) is 0. The minimum atomic E-state index is 0.457. The topological polar surface area (TPSA) is 38.5 Å². The minimum absolute atomic E-state index is 0.457. The molecule has 0 heterocycles. The van der Waals surface area contributed by atoms with Gasteiger partial charge in [0.15, 0.2) is 0 Å². The van der Waals surface area contributed by atoms with Gasteiger partial charge in [0.05, 0.1) is 12.3 Å². The first-order valence-corrected chi connectivity index (χ1v) is 3.00. The highest BCUT2D eigenvalue weighted by Crippen LogP contribution is 1.89. The molecule has 0 saturated carbocycles. The third kappa shape index (κ3) is 3.97. The maximum Gasteiger partial charge on any atom is 0.0871 e. The zero-order valence-electron chi connectivity index (χ0n) is 6.50. The minimum Gasteiger partial charge on any atom is -0.399 e. The normalized spacial score (nSPS) is 11.2. The van der Waals surface area contributed by atoms with Crippen LogP contribution in [0.25, 0.3) is 0 Å². The molecule has 3 heteroatoms. The molecule has 0 aromatic rings. The summed E-state index contributed by atoms with van der Waals surface area (Å²) >= 11 is 0. The van der Waals surface area contributed by atoms with Crippen LogP contribution in [0.15, 0.2) is 24.7 Å². The molecule has 0 aliphatic rings. The van der Waals surface area contributed by atoms with Gasteiger partial charge in [-0.25, -0.2) is 0 Å². The van der Waals surface area contributed by atoms with Crippen molar-refractivity contribution in [2.24, 2.45) is 5.73 Å². The third-order valence-electron chi connectivity index (χ3n) is 0.968. The van der Waals surface area contributed by atoms with Crippen LogP contribution in [0.4, 0.5) is 0 Å². The lowest BCUT2D eigenvalue weighted by Crippen LogP contribution is -2.10. The summed E-state index contributed by atoms with van der Waals surface area (Å²) in [6.07, 6.45) is 3.43. The number of nitrogens with zero attached hydrogens (tertiary/aromatic N) is 1. The summed E-state index contributed by atoms with van der Waals surface area (Å²) in [4.78, 5) is 1.77. The molecule has 10 heavy (non-hydrogen) atoms. The van der Waals surface area contributed by atoms with Crippen LogP contribution < -0.4 is 5.73 Å². The van der Waals surface area contributed by atoms with Crippen molar-refractivity contribution in [2.45, 2.75) is 0 Å². The third-order valence-corrected chi connectivity index (χ3v) is 0.968. The Balaban J connectivity index is 3.76. The number of hydrogen-bond acceptors (Lipinski definition) is 3. The van der Waals surface area contributed by atoms with Crippen molar-refractivity contribution in [3.05, 3.63) is 24.7 Å². The lowest BCUT2D eigenvalue weighted by atomic mass is 10.5. The van der Waals surface area contributed by atoms with Crippen LogP contribution in [0, 0.1) is 0 Å². The molecule has 3 nitrogen and oxygen atoms in total. The van der Waals surface area contributed by atoms with Crippen LogP contribution in [-0.4, -0.2) is 25.7 Å². The maximum atomic E-state index is 5.51. The van der Waals surface area contributed by atoms with Crippen molar-refractivity contribution >= 4 is 0 Å². The molecule has 0 unspecified atom stereocenters. The van der Waals surface area contributed by atoms with E-state index in [0.29, 0.717) is 12.3 Å². The molecule has 0 radical (unpaired) electrons. The Hall–Kier alpha value is -0.960. The van der Waals surface area contributed by atoms with Gasteiger partial charge in [0, 0.05) is 20.4 Å². The Morgan fingerprint density at radius 2 is 2.40 bits per heavy atom. The molecule has 0 aliphatic carbocycles. The molecule has 0 aromatic carbocycles. The molecule has 0 amide bonds. The Bertz CT molecular complexity index is 132. The predicted octanol–water partition coefficient (Wildman–Crippen LogP) is 0.508. The Labute approximate surface area is 61.8 Å². The van der Waals surface area contributed by atoms with Crippen LogP contribution >= 0.6 is 0 Å². The molecule has 0 aromatic heterocycles. The van der Waals surface area contributed by atoms with Crippen LogP contribution in [0.1, 0.15) is 0 Å². The molecule has 0 spiro atoms. The number of ether oxygens (including phenoxy) is 1. The van der Waals surface area contributed by atoms with Gasteiger partial charge in [-0.1, -0.05) is 6.58 Å². The van der Waals surface area contributed by atoms with Gasteiger partial charge in [-0.2, -0.15) is 0 Å². The van der Waals surface area contributed by atoms with Gasteiger partial charge in [-0.15, -0.1) is 0 Å². The summed E-state index contributed by atoms with van der Waals surface area (Å²) in [5.74, 6) is 0. The Morgan fingerprint density at radius 1 is 1.80 bits per heavy atom. The van der Waals surface area contributed by atoms with Crippen LogP contribution in [0.2, 0.25) is 0 Å². The lowest BCUT2D eigenvalue weighted by molar-refractivity contribution is 0.223. The number of nitrogens with two attached hydrogens (primary N) is 1. The fourth-order valence-electron chi connectivity index (χ4n) is 0.518. The number of hydrogen-bond donors (Lipinski definition) is 1. The van der Waals surface area contributed by atoms with Gasteiger partial charge in [0.25, 0.3) is 0 Å². The van der Waals surface area contributed by atoms with Crippen molar-refractivity contribution in [2.75, 3.05) is 20.8 Å². The average Bonchev–Trinajstić information content (AvgIpc) is 1.88. The molecular formula is C7H14N2O. The first-order chi connectivity index (χ1) is 4.70. The largest absolute Gasteiger partial charge is 0.399 e. The molecule has 0 bridgehead atoms. The predicted molar refractivity (Wildman–Crippen MR) is 42.1 cm³/mol. The Morgan fingerprint density at radius 3 is 2.80 bits per heavy atom. The average molecular weight is 142 g/mol. The van der Waals surface area contributed by atoms with Gasteiger partial charge >= 0.3 is 0 Å².